The molecule has 4 rings (SSSR count). The van der Waals surface area contributed by atoms with E-state index in [1.807, 2.05) is 66.7 Å². The van der Waals surface area contributed by atoms with Gasteiger partial charge in [0.1, 0.15) is 6.61 Å². The lowest BCUT2D eigenvalue weighted by molar-refractivity contribution is -0.160. The molecule has 0 unspecified atom stereocenters. The van der Waals surface area contributed by atoms with E-state index in [1.54, 1.807) is 23.1 Å². The second-order valence-corrected chi connectivity index (χ2v) is 7.19. The lowest BCUT2D eigenvalue weighted by Gasteiger charge is -2.26. The maximum Gasteiger partial charge on any atom is 0.351 e. The Kier molecular flexibility index (Phi) is 6.47. The molecule has 0 saturated heterocycles. The fraction of sp³-hybridized carbons (Fsp3) is 0.200. The van der Waals surface area contributed by atoms with Gasteiger partial charge in [-0.3, -0.25) is 4.79 Å². The number of nitrogens with zero attached hydrogens (tertiary/aromatic N) is 1. The predicted octanol–water partition coefficient (Wildman–Crippen LogP) is 3.60. The summed E-state index contributed by atoms with van der Waals surface area (Å²) in [4.78, 5) is 27.0. The van der Waals surface area contributed by atoms with E-state index in [4.69, 9.17) is 14.2 Å². The highest BCUT2D eigenvalue weighted by molar-refractivity contribution is 5.82. The number of hydrogen-bond acceptors (Lipinski definition) is 5. The van der Waals surface area contributed by atoms with Crippen molar-refractivity contribution in [1.82, 2.24) is 4.90 Å². The molecule has 0 fully saturated rings. The normalized spacial score (nSPS) is 14.5. The van der Waals surface area contributed by atoms with Gasteiger partial charge < -0.3 is 19.1 Å². The number of carbonyl (C=O) groups is 2. The molecule has 1 amide bonds. The fourth-order valence-electron chi connectivity index (χ4n) is 3.29. The number of para-hydroxylation sites is 2. The quantitative estimate of drug-likeness (QED) is 0.550. The molecule has 158 valence electrons. The van der Waals surface area contributed by atoms with E-state index >= 15 is 0 Å². The largest absolute Gasteiger partial charge is 0.485 e. The number of fused-ring (bicyclic) bond motifs is 1. The molecule has 0 saturated carbocycles. The molecule has 0 radical (unpaired) electrons. The van der Waals surface area contributed by atoms with Crippen LogP contribution in [0.25, 0.3) is 0 Å². The number of esters is 1. The first-order valence-electron chi connectivity index (χ1n) is 10.1. The summed E-state index contributed by atoms with van der Waals surface area (Å²) in [6, 6.07) is 26.5. The summed E-state index contributed by atoms with van der Waals surface area (Å²) in [5.74, 6) is 0.164. The maximum atomic E-state index is 12.9. The monoisotopic (exact) mass is 417 g/mol. The van der Waals surface area contributed by atoms with Gasteiger partial charge in [0.2, 0.25) is 6.10 Å². The van der Waals surface area contributed by atoms with Crippen molar-refractivity contribution in [3.8, 4) is 11.5 Å². The molecule has 0 aliphatic carbocycles. The predicted molar refractivity (Wildman–Crippen MR) is 114 cm³/mol. The van der Waals surface area contributed by atoms with Crippen LogP contribution in [0.2, 0.25) is 0 Å². The van der Waals surface area contributed by atoms with E-state index in [0.717, 1.165) is 11.1 Å². The number of carbonyl (C=O) groups excluding carboxylic acids is 2. The number of ether oxygens (including phenoxy) is 3. The average molecular weight is 417 g/mol. The molecule has 0 spiro atoms. The van der Waals surface area contributed by atoms with E-state index in [2.05, 4.69) is 0 Å². The lowest BCUT2D eigenvalue weighted by atomic mass is 10.1. The van der Waals surface area contributed by atoms with E-state index < -0.39 is 12.1 Å². The van der Waals surface area contributed by atoms with Crippen molar-refractivity contribution in [1.29, 1.82) is 0 Å². The first-order valence-corrected chi connectivity index (χ1v) is 10.1. The lowest BCUT2D eigenvalue weighted by Crippen LogP contribution is -2.40. The molecule has 6 heteroatoms. The SMILES string of the molecule is O=C(OCC(=O)N(Cc1ccccc1)Cc1ccccc1)[C@@H]1COc2ccccc2O1. The Morgan fingerprint density at radius 1 is 0.806 bits per heavy atom. The fourth-order valence-corrected chi connectivity index (χ4v) is 3.29. The van der Waals surface area contributed by atoms with Crippen molar-refractivity contribution in [2.45, 2.75) is 19.2 Å². The van der Waals surface area contributed by atoms with Gasteiger partial charge in [-0.05, 0) is 23.3 Å². The summed E-state index contributed by atoms with van der Waals surface area (Å²) in [5.41, 5.74) is 2.00. The van der Waals surface area contributed by atoms with Crippen molar-refractivity contribution in [3.63, 3.8) is 0 Å². The highest BCUT2D eigenvalue weighted by Crippen LogP contribution is 2.31. The summed E-state index contributed by atoms with van der Waals surface area (Å²) < 4.78 is 16.5. The Bertz CT molecular complexity index is 981. The van der Waals surface area contributed by atoms with Crippen LogP contribution < -0.4 is 9.47 Å². The topological polar surface area (TPSA) is 65.1 Å². The molecule has 1 heterocycles. The van der Waals surface area contributed by atoms with Crippen LogP contribution in [0.15, 0.2) is 84.9 Å². The van der Waals surface area contributed by atoms with Crippen LogP contribution >= 0.6 is 0 Å². The number of amides is 1. The van der Waals surface area contributed by atoms with Crippen LogP contribution in [-0.4, -0.2) is 36.1 Å². The van der Waals surface area contributed by atoms with Gasteiger partial charge in [-0.25, -0.2) is 4.79 Å². The first-order chi connectivity index (χ1) is 15.2. The molecular formula is C25H23NO5. The van der Waals surface area contributed by atoms with Crippen LogP contribution in [0.5, 0.6) is 11.5 Å². The van der Waals surface area contributed by atoms with Gasteiger partial charge in [-0.15, -0.1) is 0 Å². The maximum absolute atomic E-state index is 12.9. The molecule has 0 bridgehead atoms. The van der Waals surface area contributed by atoms with Gasteiger partial charge in [0.05, 0.1) is 0 Å². The Morgan fingerprint density at radius 3 is 1.97 bits per heavy atom. The minimum atomic E-state index is -0.903. The standard InChI is InChI=1S/C25H23NO5/c27-24(18-30-25(28)23-17-29-21-13-7-8-14-22(21)31-23)26(15-19-9-3-1-4-10-19)16-20-11-5-2-6-12-20/h1-14,23H,15-18H2/t23-/m0/s1. The zero-order valence-corrected chi connectivity index (χ0v) is 17.0. The van der Waals surface area contributed by atoms with Crippen LogP contribution in [0, 0.1) is 0 Å². The third kappa shape index (κ3) is 5.42. The van der Waals surface area contributed by atoms with E-state index in [0.29, 0.717) is 24.6 Å². The van der Waals surface area contributed by atoms with E-state index in [1.165, 1.54) is 0 Å². The molecule has 1 aliphatic heterocycles. The third-order valence-electron chi connectivity index (χ3n) is 4.89. The molecular weight excluding hydrogens is 394 g/mol. The highest BCUT2D eigenvalue weighted by atomic mass is 16.6. The van der Waals surface area contributed by atoms with Gasteiger partial charge in [-0.1, -0.05) is 72.8 Å². The second kappa shape index (κ2) is 9.80. The summed E-state index contributed by atoms with van der Waals surface area (Å²) in [7, 11) is 0. The Hall–Kier alpha value is -3.80. The number of benzene rings is 3. The van der Waals surface area contributed by atoms with Crippen LogP contribution in [0.3, 0.4) is 0 Å². The zero-order chi connectivity index (χ0) is 21.5. The van der Waals surface area contributed by atoms with Crippen LogP contribution in [-0.2, 0) is 27.4 Å². The van der Waals surface area contributed by atoms with Crippen molar-refractivity contribution in [2.75, 3.05) is 13.2 Å². The molecule has 3 aromatic carbocycles. The summed E-state index contributed by atoms with van der Waals surface area (Å²) in [6.45, 7) is 0.521. The van der Waals surface area contributed by atoms with Crippen molar-refractivity contribution >= 4 is 11.9 Å². The molecule has 0 N–H and O–H groups in total. The van der Waals surface area contributed by atoms with Gasteiger partial charge in [-0.2, -0.15) is 0 Å². The summed E-state index contributed by atoms with van der Waals surface area (Å²) in [5, 5.41) is 0. The Morgan fingerprint density at radius 2 is 1.35 bits per heavy atom. The van der Waals surface area contributed by atoms with Crippen LogP contribution in [0.1, 0.15) is 11.1 Å². The smallest absolute Gasteiger partial charge is 0.351 e. The second-order valence-electron chi connectivity index (χ2n) is 7.19. The Balaban J connectivity index is 1.38. The van der Waals surface area contributed by atoms with E-state index in [-0.39, 0.29) is 19.1 Å². The average Bonchev–Trinajstić information content (AvgIpc) is 2.83. The summed E-state index contributed by atoms with van der Waals surface area (Å²) in [6.07, 6.45) is -0.903. The van der Waals surface area contributed by atoms with Gasteiger partial charge >= 0.3 is 5.97 Å². The van der Waals surface area contributed by atoms with Gasteiger partial charge in [0, 0.05) is 13.1 Å². The molecule has 31 heavy (non-hydrogen) atoms. The number of rotatable bonds is 7. The van der Waals surface area contributed by atoms with Crippen LogP contribution in [0.4, 0.5) is 0 Å². The summed E-state index contributed by atoms with van der Waals surface area (Å²) >= 11 is 0. The minimum absolute atomic E-state index is 0.0434. The molecule has 1 aliphatic rings. The van der Waals surface area contributed by atoms with Crippen molar-refractivity contribution in [2.24, 2.45) is 0 Å². The van der Waals surface area contributed by atoms with Gasteiger partial charge in [0.25, 0.3) is 5.91 Å². The van der Waals surface area contributed by atoms with E-state index in [9.17, 15) is 9.59 Å². The number of hydrogen-bond donors (Lipinski definition) is 0. The first kappa shape index (κ1) is 20.5. The van der Waals surface area contributed by atoms with Crippen molar-refractivity contribution < 1.29 is 23.8 Å². The molecule has 3 aromatic rings. The molecule has 1 atom stereocenters. The minimum Gasteiger partial charge on any atom is -0.485 e. The molecule has 0 aromatic heterocycles. The highest BCUT2D eigenvalue weighted by Gasteiger charge is 2.29. The van der Waals surface area contributed by atoms with Crippen molar-refractivity contribution in [3.05, 3.63) is 96.1 Å². The third-order valence-corrected chi connectivity index (χ3v) is 4.89. The zero-order valence-electron chi connectivity index (χ0n) is 17.0. The Labute approximate surface area is 181 Å². The molecule has 6 nitrogen and oxygen atoms in total. The van der Waals surface area contributed by atoms with Gasteiger partial charge in [0.15, 0.2) is 18.1 Å².